The molecule has 0 N–H and O–H groups in total. The third kappa shape index (κ3) is 3.52. The predicted octanol–water partition coefficient (Wildman–Crippen LogP) is 2.48. The van der Waals surface area contributed by atoms with Gasteiger partial charge in [-0.2, -0.15) is 10.1 Å². The van der Waals surface area contributed by atoms with Crippen LogP contribution in [0.4, 0.5) is 0 Å². The van der Waals surface area contributed by atoms with Gasteiger partial charge in [0, 0.05) is 18.6 Å². The summed E-state index contributed by atoms with van der Waals surface area (Å²) in [5.74, 6) is 0.0624. The van der Waals surface area contributed by atoms with Gasteiger partial charge < -0.3 is 4.52 Å². The van der Waals surface area contributed by atoms with Crippen LogP contribution in [-0.2, 0) is 21.3 Å². The Balaban J connectivity index is 1.49. The van der Waals surface area contributed by atoms with Crippen LogP contribution in [0, 0.1) is 6.92 Å². The molecule has 0 spiro atoms. The van der Waals surface area contributed by atoms with Crippen molar-refractivity contribution in [3.63, 3.8) is 0 Å². The fourth-order valence-electron chi connectivity index (χ4n) is 2.99. The second-order valence-corrected chi connectivity index (χ2v) is 8.72. The lowest BCUT2D eigenvalue weighted by Gasteiger charge is -2.27. The number of aryl methyl sites for hydroxylation is 1. The second kappa shape index (κ2) is 6.64. The standard InChI is InChI=1S/C17H19N5O3S/c1-12-7-13(9-18-8-12)17-20-16(21-25-17)11-26(23,24)10-15-5-6-19-22(15)14-3-2-4-14/h5-9,14H,2-4,10-11H2,1H3. The maximum Gasteiger partial charge on any atom is 0.259 e. The molecule has 3 heterocycles. The van der Waals surface area contributed by atoms with Crippen molar-refractivity contribution >= 4 is 9.84 Å². The van der Waals surface area contributed by atoms with Crippen LogP contribution < -0.4 is 0 Å². The first-order valence-corrected chi connectivity index (χ1v) is 10.3. The lowest BCUT2D eigenvalue weighted by atomic mass is 9.93. The molecule has 1 aliphatic rings. The smallest absolute Gasteiger partial charge is 0.259 e. The Kier molecular flexibility index (Phi) is 4.31. The summed E-state index contributed by atoms with van der Waals surface area (Å²) in [7, 11) is -3.44. The van der Waals surface area contributed by atoms with Gasteiger partial charge in [0.05, 0.1) is 23.1 Å². The minimum atomic E-state index is -3.44. The molecular formula is C17H19N5O3S. The van der Waals surface area contributed by atoms with Crippen LogP contribution in [0.15, 0.2) is 35.2 Å². The Bertz CT molecular complexity index is 1020. The summed E-state index contributed by atoms with van der Waals surface area (Å²) >= 11 is 0. The Hall–Kier alpha value is -2.55. The molecule has 0 bridgehead atoms. The molecule has 3 aromatic heterocycles. The third-order valence-electron chi connectivity index (χ3n) is 4.48. The molecule has 1 saturated carbocycles. The molecule has 0 unspecified atom stereocenters. The molecule has 1 aliphatic carbocycles. The summed E-state index contributed by atoms with van der Waals surface area (Å²) in [5.41, 5.74) is 2.34. The van der Waals surface area contributed by atoms with Gasteiger partial charge in [0.15, 0.2) is 15.7 Å². The van der Waals surface area contributed by atoms with Crippen LogP contribution in [0.5, 0.6) is 0 Å². The maximum atomic E-state index is 12.6. The lowest BCUT2D eigenvalue weighted by Crippen LogP contribution is -2.22. The third-order valence-corrected chi connectivity index (χ3v) is 5.91. The molecule has 9 heteroatoms. The van der Waals surface area contributed by atoms with Crippen LogP contribution in [0.2, 0.25) is 0 Å². The van der Waals surface area contributed by atoms with E-state index in [0.29, 0.717) is 17.3 Å². The Labute approximate surface area is 151 Å². The van der Waals surface area contributed by atoms with Gasteiger partial charge in [-0.3, -0.25) is 9.67 Å². The van der Waals surface area contributed by atoms with Crippen molar-refractivity contribution in [2.75, 3.05) is 0 Å². The highest BCUT2D eigenvalue weighted by atomic mass is 32.2. The van der Waals surface area contributed by atoms with E-state index in [-0.39, 0.29) is 23.2 Å². The maximum absolute atomic E-state index is 12.6. The number of hydrogen-bond donors (Lipinski definition) is 0. The summed E-state index contributed by atoms with van der Waals surface area (Å²) in [6.45, 7) is 1.91. The SMILES string of the molecule is Cc1cncc(-c2nc(CS(=O)(=O)Cc3ccnn3C3CCC3)no2)c1. The molecule has 0 saturated heterocycles. The van der Waals surface area contributed by atoms with E-state index in [1.807, 2.05) is 17.7 Å². The summed E-state index contributed by atoms with van der Waals surface area (Å²) in [6, 6.07) is 3.94. The molecule has 0 aromatic carbocycles. The van der Waals surface area contributed by atoms with Gasteiger partial charge in [0.2, 0.25) is 0 Å². The van der Waals surface area contributed by atoms with Gasteiger partial charge in [0.1, 0.15) is 5.75 Å². The fraction of sp³-hybridized carbons (Fsp3) is 0.412. The lowest BCUT2D eigenvalue weighted by molar-refractivity contribution is 0.284. The molecule has 0 aliphatic heterocycles. The van der Waals surface area contributed by atoms with E-state index < -0.39 is 9.84 Å². The minimum Gasteiger partial charge on any atom is -0.334 e. The van der Waals surface area contributed by atoms with Gasteiger partial charge in [-0.15, -0.1) is 0 Å². The molecular weight excluding hydrogens is 354 g/mol. The Morgan fingerprint density at radius 2 is 2.12 bits per heavy atom. The first-order valence-electron chi connectivity index (χ1n) is 8.47. The average Bonchev–Trinajstić information content (AvgIpc) is 3.15. The number of rotatable bonds is 6. The zero-order chi connectivity index (χ0) is 18.1. The molecule has 3 aromatic rings. The first-order chi connectivity index (χ1) is 12.5. The number of pyridine rings is 1. The Morgan fingerprint density at radius 1 is 1.27 bits per heavy atom. The fourth-order valence-corrected chi connectivity index (χ4v) is 4.28. The molecule has 0 amide bonds. The molecule has 0 radical (unpaired) electrons. The van der Waals surface area contributed by atoms with Crippen molar-refractivity contribution in [2.24, 2.45) is 0 Å². The zero-order valence-electron chi connectivity index (χ0n) is 14.4. The minimum absolute atomic E-state index is 0.0840. The number of sulfone groups is 1. The first kappa shape index (κ1) is 16.9. The van der Waals surface area contributed by atoms with Gasteiger partial charge in [-0.1, -0.05) is 5.16 Å². The van der Waals surface area contributed by atoms with Gasteiger partial charge in [-0.05, 0) is 43.9 Å². The van der Waals surface area contributed by atoms with E-state index in [2.05, 4.69) is 20.2 Å². The van der Waals surface area contributed by atoms with Gasteiger partial charge in [0.25, 0.3) is 5.89 Å². The van der Waals surface area contributed by atoms with Crippen molar-refractivity contribution in [3.8, 4) is 11.5 Å². The summed E-state index contributed by atoms with van der Waals surface area (Å²) < 4.78 is 32.2. The van der Waals surface area contributed by atoms with Crippen molar-refractivity contribution in [1.29, 1.82) is 0 Å². The van der Waals surface area contributed by atoms with Crippen LogP contribution in [-0.4, -0.2) is 33.3 Å². The van der Waals surface area contributed by atoms with Gasteiger partial charge in [-0.25, -0.2) is 8.42 Å². The number of aromatic nitrogens is 5. The van der Waals surface area contributed by atoms with E-state index in [0.717, 1.165) is 24.8 Å². The van der Waals surface area contributed by atoms with E-state index in [9.17, 15) is 8.42 Å². The highest BCUT2D eigenvalue weighted by Crippen LogP contribution is 2.32. The van der Waals surface area contributed by atoms with Crippen molar-refractivity contribution in [3.05, 3.63) is 47.8 Å². The highest BCUT2D eigenvalue weighted by molar-refractivity contribution is 7.89. The average molecular weight is 373 g/mol. The van der Waals surface area contributed by atoms with Crippen molar-refractivity contribution in [1.82, 2.24) is 24.9 Å². The quantitative estimate of drug-likeness (QED) is 0.654. The monoisotopic (exact) mass is 373 g/mol. The summed E-state index contributed by atoms with van der Waals surface area (Å²) in [5, 5.41) is 8.08. The van der Waals surface area contributed by atoms with Crippen molar-refractivity contribution in [2.45, 2.75) is 43.7 Å². The number of nitrogens with zero attached hydrogens (tertiary/aromatic N) is 5. The van der Waals surface area contributed by atoms with Crippen LogP contribution in [0.1, 0.15) is 42.4 Å². The molecule has 0 atom stereocenters. The van der Waals surface area contributed by atoms with Crippen LogP contribution >= 0.6 is 0 Å². The van der Waals surface area contributed by atoms with E-state index in [4.69, 9.17) is 4.52 Å². The summed E-state index contributed by atoms with van der Waals surface area (Å²) in [4.78, 5) is 8.28. The second-order valence-electron chi connectivity index (χ2n) is 6.65. The zero-order valence-corrected chi connectivity index (χ0v) is 15.2. The van der Waals surface area contributed by atoms with Gasteiger partial charge >= 0.3 is 0 Å². The topological polar surface area (TPSA) is 104 Å². The molecule has 4 rings (SSSR count). The number of hydrogen-bond acceptors (Lipinski definition) is 7. The van der Waals surface area contributed by atoms with Crippen molar-refractivity contribution < 1.29 is 12.9 Å². The van der Waals surface area contributed by atoms with Crippen LogP contribution in [0.3, 0.4) is 0 Å². The molecule has 136 valence electrons. The van der Waals surface area contributed by atoms with E-state index >= 15 is 0 Å². The predicted molar refractivity (Wildman–Crippen MR) is 93.7 cm³/mol. The van der Waals surface area contributed by atoms with E-state index in [1.165, 1.54) is 0 Å². The normalized spacial score (nSPS) is 15.1. The molecule has 1 fully saturated rings. The molecule has 26 heavy (non-hydrogen) atoms. The largest absolute Gasteiger partial charge is 0.334 e. The van der Waals surface area contributed by atoms with E-state index in [1.54, 1.807) is 24.7 Å². The van der Waals surface area contributed by atoms with Crippen LogP contribution in [0.25, 0.3) is 11.5 Å². The summed E-state index contributed by atoms with van der Waals surface area (Å²) in [6.07, 6.45) is 8.24. The highest BCUT2D eigenvalue weighted by Gasteiger charge is 2.25. The molecule has 8 nitrogen and oxygen atoms in total. The Morgan fingerprint density at radius 3 is 2.85 bits per heavy atom.